The molecule has 1 heteroatoms. The van der Waals surface area contributed by atoms with Crippen LogP contribution in [-0.2, 0) is 0 Å². The van der Waals surface area contributed by atoms with Crippen LogP contribution in [0.2, 0.25) is 0 Å². The monoisotopic (exact) mass is 167 g/mol. The van der Waals surface area contributed by atoms with Crippen LogP contribution in [0.3, 0.4) is 0 Å². The topological polar surface area (TPSA) is 26.0 Å². The van der Waals surface area contributed by atoms with Gasteiger partial charge in [-0.3, -0.25) is 0 Å². The van der Waals surface area contributed by atoms with Crippen molar-refractivity contribution in [3.05, 3.63) is 0 Å². The maximum absolute atomic E-state index is 5.89. The lowest BCUT2D eigenvalue weighted by Gasteiger charge is -2.19. The molecule has 0 spiro atoms. The molecule has 2 aliphatic carbocycles. The smallest absolute Gasteiger partial charge is 0.00737 e. The number of nitrogens with two attached hydrogens (primary N) is 1. The van der Waals surface area contributed by atoms with Crippen LogP contribution in [0.4, 0.5) is 0 Å². The second kappa shape index (κ2) is 3.78. The Morgan fingerprint density at radius 2 is 1.33 bits per heavy atom. The van der Waals surface area contributed by atoms with E-state index in [0.717, 1.165) is 11.8 Å². The third-order valence-electron chi connectivity index (χ3n) is 3.65. The lowest BCUT2D eigenvalue weighted by atomic mass is 9.87. The predicted molar refractivity (Wildman–Crippen MR) is 51.9 cm³/mol. The maximum Gasteiger partial charge on any atom is 0.00737 e. The summed E-state index contributed by atoms with van der Waals surface area (Å²) >= 11 is 0. The standard InChI is InChI=1S/C11H21N/c12-11-8-10(11)9-6-4-2-1-3-5-7-9/h9-11H,1-8,12H2. The molecule has 12 heavy (non-hydrogen) atoms. The van der Waals surface area contributed by atoms with Crippen molar-refractivity contribution in [3.63, 3.8) is 0 Å². The van der Waals surface area contributed by atoms with Gasteiger partial charge >= 0.3 is 0 Å². The molecule has 0 saturated heterocycles. The van der Waals surface area contributed by atoms with Gasteiger partial charge in [0.1, 0.15) is 0 Å². The Balaban J connectivity index is 1.78. The van der Waals surface area contributed by atoms with Crippen LogP contribution < -0.4 is 5.73 Å². The zero-order chi connectivity index (χ0) is 8.39. The molecule has 0 aromatic heterocycles. The second-order valence-corrected chi connectivity index (χ2v) is 4.67. The number of rotatable bonds is 1. The highest BCUT2D eigenvalue weighted by Gasteiger charge is 2.39. The van der Waals surface area contributed by atoms with Gasteiger partial charge in [0.2, 0.25) is 0 Å². The predicted octanol–water partition coefficient (Wildman–Crippen LogP) is 2.69. The zero-order valence-corrected chi connectivity index (χ0v) is 7.97. The van der Waals surface area contributed by atoms with Gasteiger partial charge < -0.3 is 5.73 Å². The second-order valence-electron chi connectivity index (χ2n) is 4.67. The zero-order valence-electron chi connectivity index (χ0n) is 7.97. The Bertz CT molecular complexity index is 136. The third-order valence-corrected chi connectivity index (χ3v) is 3.65. The summed E-state index contributed by atoms with van der Waals surface area (Å²) in [5.74, 6) is 1.92. The van der Waals surface area contributed by atoms with Crippen molar-refractivity contribution in [3.8, 4) is 0 Å². The summed E-state index contributed by atoms with van der Waals surface area (Å²) in [6, 6.07) is 0.578. The van der Waals surface area contributed by atoms with Crippen molar-refractivity contribution in [1.29, 1.82) is 0 Å². The van der Waals surface area contributed by atoms with E-state index >= 15 is 0 Å². The summed E-state index contributed by atoms with van der Waals surface area (Å²) in [6.45, 7) is 0. The largest absolute Gasteiger partial charge is 0.327 e. The maximum atomic E-state index is 5.89. The first-order valence-corrected chi connectivity index (χ1v) is 5.63. The molecular weight excluding hydrogens is 146 g/mol. The lowest BCUT2D eigenvalue weighted by Crippen LogP contribution is -2.12. The molecule has 2 aliphatic rings. The highest BCUT2D eigenvalue weighted by atomic mass is 14.7. The average molecular weight is 167 g/mol. The van der Waals surface area contributed by atoms with Crippen LogP contribution in [0.5, 0.6) is 0 Å². The molecule has 2 fully saturated rings. The van der Waals surface area contributed by atoms with Crippen molar-refractivity contribution in [2.24, 2.45) is 17.6 Å². The summed E-state index contributed by atoms with van der Waals surface area (Å²) in [5, 5.41) is 0. The lowest BCUT2D eigenvalue weighted by molar-refractivity contribution is 0.338. The third kappa shape index (κ3) is 2.01. The van der Waals surface area contributed by atoms with Crippen molar-refractivity contribution in [2.75, 3.05) is 0 Å². The first kappa shape index (κ1) is 8.55. The van der Waals surface area contributed by atoms with Crippen molar-refractivity contribution >= 4 is 0 Å². The number of hydrogen-bond acceptors (Lipinski definition) is 1. The van der Waals surface area contributed by atoms with Crippen LogP contribution in [0.1, 0.15) is 51.4 Å². The van der Waals surface area contributed by atoms with Crippen molar-refractivity contribution in [2.45, 2.75) is 57.4 Å². The van der Waals surface area contributed by atoms with Gasteiger partial charge in [0.05, 0.1) is 0 Å². The molecule has 1 nitrogen and oxygen atoms in total. The molecule has 0 heterocycles. The number of hydrogen-bond donors (Lipinski definition) is 1. The highest BCUT2D eigenvalue weighted by molar-refractivity contribution is 4.94. The van der Waals surface area contributed by atoms with E-state index in [1.807, 2.05) is 0 Å². The molecule has 0 bridgehead atoms. The highest BCUT2D eigenvalue weighted by Crippen LogP contribution is 2.41. The first-order valence-electron chi connectivity index (χ1n) is 5.63. The molecule has 2 rings (SSSR count). The summed E-state index contributed by atoms with van der Waals surface area (Å²) in [6.07, 6.45) is 11.6. The Morgan fingerprint density at radius 1 is 0.833 bits per heavy atom. The molecule has 2 atom stereocenters. The van der Waals surface area contributed by atoms with Gasteiger partial charge in [-0.25, -0.2) is 0 Å². The molecule has 70 valence electrons. The van der Waals surface area contributed by atoms with Gasteiger partial charge in [0, 0.05) is 6.04 Å². The van der Waals surface area contributed by atoms with Crippen LogP contribution >= 0.6 is 0 Å². The van der Waals surface area contributed by atoms with Gasteiger partial charge in [-0.05, 0) is 18.3 Å². The summed E-state index contributed by atoms with van der Waals surface area (Å²) in [5.41, 5.74) is 5.89. The Labute approximate surface area is 75.7 Å². The van der Waals surface area contributed by atoms with Gasteiger partial charge in [-0.2, -0.15) is 0 Å². The molecule has 2 saturated carbocycles. The van der Waals surface area contributed by atoms with E-state index < -0.39 is 0 Å². The normalized spacial score (nSPS) is 38.8. The van der Waals surface area contributed by atoms with Crippen LogP contribution in [0.25, 0.3) is 0 Å². The first-order chi connectivity index (χ1) is 5.88. The van der Waals surface area contributed by atoms with Gasteiger partial charge in [-0.15, -0.1) is 0 Å². The van der Waals surface area contributed by atoms with Crippen molar-refractivity contribution in [1.82, 2.24) is 0 Å². The Hall–Kier alpha value is -0.0400. The van der Waals surface area contributed by atoms with E-state index in [-0.39, 0.29) is 0 Å². The summed E-state index contributed by atoms with van der Waals surface area (Å²) < 4.78 is 0. The van der Waals surface area contributed by atoms with Crippen LogP contribution in [0, 0.1) is 11.8 Å². The summed E-state index contributed by atoms with van der Waals surface area (Å²) in [4.78, 5) is 0. The van der Waals surface area contributed by atoms with Gasteiger partial charge in [0.25, 0.3) is 0 Å². The average Bonchev–Trinajstić information content (AvgIpc) is 2.65. The molecule has 0 aromatic carbocycles. The fraction of sp³-hybridized carbons (Fsp3) is 1.00. The fourth-order valence-electron chi connectivity index (χ4n) is 2.69. The van der Waals surface area contributed by atoms with Crippen molar-refractivity contribution < 1.29 is 0 Å². The quantitative estimate of drug-likeness (QED) is 0.638. The van der Waals surface area contributed by atoms with Gasteiger partial charge in [-0.1, -0.05) is 44.9 Å². The molecule has 0 radical (unpaired) electrons. The molecule has 0 amide bonds. The Morgan fingerprint density at radius 3 is 1.83 bits per heavy atom. The van der Waals surface area contributed by atoms with Crippen LogP contribution in [0.15, 0.2) is 0 Å². The van der Waals surface area contributed by atoms with E-state index in [9.17, 15) is 0 Å². The van der Waals surface area contributed by atoms with Gasteiger partial charge in [0.15, 0.2) is 0 Å². The van der Waals surface area contributed by atoms with E-state index in [0.29, 0.717) is 6.04 Å². The molecule has 2 N–H and O–H groups in total. The van der Waals surface area contributed by atoms with Crippen LogP contribution in [-0.4, -0.2) is 6.04 Å². The van der Waals surface area contributed by atoms with E-state index in [1.54, 1.807) is 0 Å². The molecular formula is C11H21N. The minimum atomic E-state index is 0.578. The fourth-order valence-corrected chi connectivity index (χ4v) is 2.69. The van der Waals surface area contributed by atoms with E-state index in [4.69, 9.17) is 5.73 Å². The molecule has 0 aromatic rings. The molecule has 0 aliphatic heterocycles. The SMILES string of the molecule is NC1CC1C1CCCCCCC1. The summed E-state index contributed by atoms with van der Waals surface area (Å²) in [7, 11) is 0. The molecule has 2 unspecified atom stereocenters. The van der Waals surface area contributed by atoms with E-state index in [2.05, 4.69) is 0 Å². The minimum Gasteiger partial charge on any atom is -0.327 e. The van der Waals surface area contributed by atoms with E-state index in [1.165, 1.54) is 51.4 Å². The Kier molecular flexibility index (Phi) is 2.69. The minimum absolute atomic E-state index is 0.578.